The van der Waals surface area contributed by atoms with Gasteiger partial charge < -0.3 is 19.7 Å². The Hall–Kier alpha value is -4.40. The van der Waals surface area contributed by atoms with Gasteiger partial charge in [-0.2, -0.15) is 9.97 Å². The molecule has 2 bridgehead atoms. The molecule has 11 heteroatoms. The summed E-state index contributed by atoms with van der Waals surface area (Å²) in [5, 5.41) is 5.18. The first-order valence-corrected chi connectivity index (χ1v) is 15.8. The summed E-state index contributed by atoms with van der Waals surface area (Å²) < 4.78 is 43.3. The molecule has 2 aromatic heterocycles. The molecular formula is C35H36F2N6O3. The highest BCUT2D eigenvalue weighted by molar-refractivity contribution is 6.02. The number of nitrogens with zero attached hydrogens (tertiary/aromatic N) is 5. The van der Waals surface area contributed by atoms with Crippen LogP contribution in [0, 0.1) is 29.9 Å². The van der Waals surface area contributed by atoms with E-state index >= 15 is 4.39 Å². The molecule has 46 heavy (non-hydrogen) atoms. The summed E-state index contributed by atoms with van der Waals surface area (Å²) in [6, 6.07) is 8.82. The second-order valence-electron chi connectivity index (χ2n) is 12.9. The van der Waals surface area contributed by atoms with Crippen LogP contribution in [-0.4, -0.2) is 83.3 Å². The van der Waals surface area contributed by atoms with Crippen LogP contribution in [0.5, 0.6) is 6.01 Å². The number of esters is 1. The highest BCUT2D eigenvalue weighted by atomic mass is 19.1. The van der Waals surface area contributed by atoms with E-state index in [-0.39, 0.29) is 53.4 Å². The van der Waals surface area contributed by atoms with Crippen LogP contribution in [-0.2, 0) is 9.53 Å². The molecule has 1 N–H and O–H groups in total. The molecule has 0 radical (unpaired) electrons. The molecule has 3 fully saturated rings. The number of hydrogen-bond donors (Lipinski definition) is 1. The number of halogens is 2. The Kier molecular flexibility index (Phi) is 7.95. The number of terminal acetylenes is 1. The number of rotatable bonds is 7. The highest BCUT2D eigenvalue weighted by Crippen LogP contribution is 2.37. The molecule has 238 valence electrons. The summed E-state index contributed by atoms with van der Waals surface area (Å²) >= 11 is 0. The van der Waals surface area contributed by atoms with Crippen molar-refractivity contribution >= 4 is 33.5 Å². The number of likely N-dealkylation sites (N-methyl/N-ethyl adjacent to an activating group) is 1. The van der Waals surface area contributed by atoms with E-state index in [2.05, 4.69) is 31.0 Å². The number of carbonyl (C=O) groups excluding carboxylic acids is 1. The lowest BCUT2D eigenvalue weighted by Gasteiger charge is -2.34. The first kappa shape index (κ1) is 30.3. The quantitative estimate of drug-likeness (QED) is 0.232. The average Bonchev–Trinajstić information content (AvgIpc) is 3.58. The molecule has 2 unspecified atom stereocenters. The van der Waals surface area contributed by atoms with E-state index < -0.39 is 11.6 Å². The van der Waals surface area contributed by atoms with Gasteiger partial charge in [0.05, 0.1) is 16.9 Å². The molecular weight excluding hydrogens is 590 g/mol. The van der Waals surface area contributed by atoms with Crippen molar-refractivity contribution in [3.8, 4) is 29.6 Å². The second-order valence-corrected chi connectivity index (χ2v) is 12.9. The number of benzene rings is 2. The van der Waals surface area contributed by atoms with Crippen LogP contribution in [0.25, 0.3) is 32.9 Å². The SMILES string of the molecule is C#Cc1c(F)ccc2cccc(-c3ncc4c(N5CC6CCC(C5)N6)nc(OC[C@@H]5C[C@@H](OC(=O)C(C)C)CN5C)nc4c3F)c12. The number of ether oxygens (including phenoxy) is 2. The number of anilines is 1. The summed E-state index contributed by atoms with van der Waals surface area (Å²) in [7, 11) is 1.95. The van der Waals surface area contributed by atoms with E-state index in [1.807, 2.05) is 20.9 Å². The van der Waals surface area contributed by atoms with E-state index in [1.54, 1.807) is 30.5 Å². The minimum Gasteiger partial charge on any atom is -0.462 e. The van der Waals surface area contributed by atoms with Crippen LogP contribution in [0.3, 0.4) is 0 Å². The molecule has 0 spiro atoms. The maximum Gasteiger partial charge on any atom is 0.319 e. The minimum absolute atomic E-state index is 0.0153. The Morgan fingerprint density at radius 3 is 2.65 bits per heavy atom. The van der Waals surface area contributed by atoms with Crippen LogP contribution >= 0.6 is 0 Å². The van der Waals surface area contributed by atoms with Crippen LogP contribution in [0.15, 0.2) is 36.5 Å². The second kappa shape index (κ2) is 12.1. The monoisotopic (exact) mass is 626 g/mol. The Balaban J connectivity index is 1.27. The van der Waals surface area contributed by atoms with E-state index in [0.717, 1.165) is 12.8 Å². The maximum atomic E-state index is 16.7. The summed E-state index contributed by atoms with van der Waals surface area (Å²) in [5.74, 6) is 1.34. The molecule has 9 nitrogen and oxygen atoms in total. The third-order valence-electron chi connectivity index (χ3n) is 9.36. The smallest absolute Gasteiger partial charge is 0.319 e. The number of carbonyl (C=O) groups is 1. The number of pyridine rings is 1. The summed E-state index contributed by atoms with van der Waals surface area (Å²) in [5.41, 5.74) is 0.509. The third-order valence-corrected chi connectivity index (χ3v) is 9.36. The Labute approximate surface area is 266 Å². The van der Waals surface area contributed by atoms with Crippen LogP contribution in [0.4, 0.5) is 14.6 Å². The van der Waals surface area contributed by atoms with Crippen molar-refractivity contribution in [2.45, 2.75) is 57.3 Å². The van der Waals surface area contributed by atoms with Gasteiger partial charge in [0.15, 0.2) is 5.82 Å². The number of likely N-dealkylation sites (tertiary alicyclic amines) is 1. The molecule has 5 heterocycles. The van der Waals surface area contributed by atoms with Crippen molar-refractivity contribution in [1.82, 2.24) is 25.2 Å². The van der Waals surface area contributed by atoms with Crippen molar-refractivity contribution in [3.63, 3.8) is 0 Å². The van der Waals surface area contributed by atoms with Crippen molar-refractivity contribution < 1.29 is 23.0 Å². The summed E-state index contributed by atoms with van der Waals surface area (Å²) in [4.78, 5) is 30.4. The van der Waals surface area contributed by atoms with Crippen LogP contribution in [0.2, 0.25) is 0 Å². The lowest BCUT2D eigenvalue weighted by Crippen LogP contribution is -2.51. The normalized spacial score (nSPS) is 22.9. The zero-order chi connectivity index (χ0) is 32.1. The van der Waals surface area contributed by atoms with E-state index in [9.17, 15) is 9.18 Å². The molecule has 3 saturated heterocycles. The van der Waals surface area contributed by atoms with Crippen LogP contribution in [0.1, 0.15) is 38.7 Å². The molecule has 3 aliphatic rings. The van der Waals surface area contributed by atoms with Gasteiger partial charge in [0, 0.05) is 61.3 Å². The number of piperazine rings is 1. The van der Waals surface area contributed by atoms with Crippen LogP contribution < -0.4 is 15.0 Å². The summed E-state index contributed by atoms with van der Waals surface area (Å²) in [6.45, 7) is 5.88. The highest BCUT2D eigenvalue weighted by Gasteiger charge is 2.35. The summed E-state index contributed by atoms with van der Waals surface area (Å²) in [6.07, 6.45) is 9.79. The molecule has 4 aromatic rings. The van der Waals surface area contributed by atoms with Crippen molar-refractivity contribution in [2.75, 3.05) is 38.2 Å². The van der Waals surface area contributed by atoms with Gasteiger partial charge in [0.25, 0.3) is 0 Å². The molecule has 0 amide bonds. The fourth-order valence-electron chi connectivity index (χ4n) is 6.96. The standard InChI is InChI=1S/C35H36F2N6O3/c1-5-25-28(36)12-9-20-7-6-8-26(29(20)25)31-30(37)32-27(14-38-31)33(43-15-21-10-11-22(16-43)39-21)41-35(40-32)45-18-23-13-24(17-42(23)4)46-34(44)19(2)3/h1,6-9,12,14,19,21-24,39H,10-11,13,15-18H2,2-4H3/t21?,22?,23-,24+/m0/s1. The van der Waals surface area contributed by atoms with Gasteiger partial charge in [-0.3, -0.25) is 14.7 Å². The van der Waals surface area contributed by atoms with E-state index in [0.29, 0.717) is 65.7 Å². The fraction of sp³-hybridized carbons (Fsp3) is 0.429. The van der Waals surface area contributed by atoms with Crippen molar-refractivity contribution in [2.24, 2.45) is 5.92 Å². The zero-order valence-corrected chi connectivity index (χ0v) is 26.1. The predicted molar refractivity (Wildman–Crippen MR) is 172 cm³/mol. The van der Waals surface area contributed by atoms with Gasteiger partial charge in [-0.25, -0.2) is 8.78 Å². The molecule has 7 rings (SSSR count). The van der Waals surface area contributed by atoms with E-state index in [4.69, 9.17) is 20.9 Å². The molecule has 0 saturated carbocycles. The van der Waals surface area contributed by atoms with Gasteiger partial charge in [-0.15, -0.1) is 6.42 Å². The fourth-order valence-corrected chi connectivity index (χ4v) is 6.96. The molecule has 2 aromatic carbocycles. The molecule has 4 atom stereocenters. The Morgan fingerprint density at radius 1 is 1.13 bits per heavy atom. The van der Waals surface area contributed by atoms with E-state index in [1.165, 1.54) is 6.07 Å². The zero-order valence-electron chi connectivity index (χ0n) is 26.1. The maximum absolute atomic E-state index is 16.7. The number of nitrogens with one attached hydrogen (secondary N) is 1. The minimum atomic E-state index is -0.664. The average molecular weight is 627 g/mol. The number of fused-ring (bicyclic) bond motifs is 4. The largest absolute Gasteiger partial charge is 0.462 e. The lowest BCUT2D eigenvalue weighted by atomic mass is 9.96. The topological polar surface area (TPSA) is 92.7 Å². The van der Waals surface area contributed by atoms with Crippen molar-refractivity contribution in [3.05, 3.63) is 53.7 Å². The molecule has 0 aliphatic carbocycles. The predicted octanol–water partition coefficient (Wildman–Crippen LogP) is 4.70. The van der Waals surface area contributed by atoms with Gasteiger partial charge in [-0.05, 0) is 31.3 Å². The Morgan fingerprint density at radius 2 is 1.91 bits per heavy atom. The number of hydrogen-bond acceptors (Lipinski definition) is 9. The number of aromatic nitrogens is 3. The first-order chi connectivity index (χ1) is 22.2. The molecule has 3 aliphatic heterocycles. The first-order valence-electron chi connectivity index (χ1n) is 15.8. The van der Waals surface area contributed by atoms with Gasteiger partial charge in [0.2, 0.25) is 0 Å². The van der Waals surface area contributed by atoms with Crippen molar-refractivity contribution in [1.29, 1.82) is 0 Å². The Bertz CT molecular complexity index is 1870. The van der Waals surface area contributed by atoms with Gasteiger partial charge in [0.1, 0.15) is 35.6 Å². The lowest BCUT2D eigenvalue weighted by molar-refractivity contribution is -0.152. The van der Waals surface area contributed by atoms with Gasteiger partial charge in [-0.1, -0.05) is 44.0 Å². The third kappa shape index (κ3) is 5.50. The van der Waals surface area contributed by atoms with Gasteiger partial charge >= 0.3 is 12.0 Å².